The number of nitrogens with one attached hydrogen (secondary N) is 1. The van der Waals surface area contributed by atoms with Gasteiger partial charge in [0.25, 0.3) is 5.91 Å². The molecule has 5 aromatic rings. The van der Waals surface area contributed by atoms with Gasteiger partial charge in [0.15, 0.2) is 11.2 Å². The van der Waals surface area contributed by atoms with Crippen LogP contribution in [0.1, 0.15) is 46.6 Å². The van der Waals surface area contributed by atoms with Gasteiger partial charge in [-0.15, -0.1) is 32.9 Å². The van der Waals surface area contributed by atoms with Gasteiger partial charge >= 0.3 is 0 Å². The number of ether oxygens (including phenoxy) is 1. The van der Waals surface area contributed by atoms with E-state index in [1.807, 2.05) is 11.4 Å². The van der Waals surface area contributed by atoms with Crippen LogP contribution in [0.15, 0.2) is 39.3 Å². The molecule has 6 heterocycles. The number of nitrogens with zero attached hydrogens (tertiary/aromatic N) is 5. The summed E-state index contributed by atoms with van der Waals surface area (Å²) in [6.45, 7) is 2.76. The lowest BCUT2D eigenvalue weighted by molar-refractivity contribution is 0.1000. The van der Waals surface area contributed by atoms with E-state index in [0.717, 1.165) is 64.5 Å². The number of carbonyl (C=O) groups is 1. The van der Waals surface area contributed by atoms with Crippen molar-refractivity contribution in [3.8, 4) is 11.1 Å². The maximum absolute atomic E-state index is 12.9. The second-order valence-electron chi connectivity index (χ2n) is 10.7. The Bertz CT molecular complexity index is 1840. The number of aromatic nitrogens is 4. The Morgan fingerprint density at radius 2 is 2.02 bits per heavy atom. The van der Waals surface area contributed by atoms with Crippen LogP contribution in [-0.2, 0) is 11.2 Å². The number of morpholine rings is 1. The van der Waals surface area contributed by atoms with Gasteiger partial charge in [-0.2, -0.15) is 0 Å². The van der Waals surface area contributed by atoms with Gasteiger partial charge in [0.2, 0.25) is 11.4 Å². The molecule has 5 aromatic heterocycles. The van der Waals surface area contributed by atoms with Crippen LogP contribution in [0.25, 0.3) is 27.1 Å². The van der Waals surface area contributed by atoms with Crippen molar-refractivity contribution in [1.82, 2.24) is 19.6 Å². The van der Waals surface area contributed by atoms with Crippen molar-refractivity contribution in [1.29, 1.82) is 0 Å². The average Bonchev–Trinajstić information content (AvgIpc) is 3.75. The van der Waals surface area contributed by atoms with Crippen LogP contribution < -0.4 is 27.1 Å². The van der Waals surface area contributed by atoms with E-state index in [9.17, 15) is 9.59 Å². The summed E-state index contributed by atoms with van der Waals surface area (Å²) in [7, 11) is 0. The minimum atomic E-state index is -0.616. The van der Waals surface area contributed by atoms with E-state index < -0.39 is 5.91 Å². The first-order chi connectivity index (χ1) is 20.5. The monoisotopic (exact) mass is 606 g/mol. The lowest BCUT2D eigenvalue weighted by atomic mass is 9.91. The zero-order valence-electron chi connectivity index (χ0n) is 22.7. The van der Waals surface area contributed by atoms with Crippen LogP contribution in [0, 0.1) is 0 Å². The first kappa shape index (κ1) is 27.0. The average molecular weight is 607 g/mol. The number of hydrogen-bond donors (Lipinski definition) is 3. The van der Waals surface area contributed by atoms with Crippen molar-refractivity contribution in [2.24, 2.45) is 11.5 Å². The molecular formula is C28H30N8O4S2. The zero-order chi connectivity index (χ0) is 28.8. The van der Waals surface area contributed by atoms with Crippen molar-refractivity contribution >= 4 is 55.5 Å². The number of hydrogen-bond acceptors (Lipinski definition) is 12. The molecule has 0 bridgehead atoms. The number of thiophene rings is 1. The third-order valence-corrected chi connectivity index (χ3v) is 10.1. The number of primary amides is 1. The molecule has 14 heteroatoms. The summed E-state index contributed by atoms with van der Waals surface area (Å²) >= 11 is 3.09. The van der Waals surface area contributed by atoms with E-state index in [1.54, 1.807) is 28.1 Å². The third-order valence-electron chi connectivity index (χ3n) is 7.97. The molecule has 0 unspecified atom stereocenters. The summed E-state index contributed by atoms with van der Waals surface area (Å²) in [5, 5.41) is 14.6. The fraction of sp³-hybridized carbons (Fsp3) is 0.393. The Kier molecular flexibility index (Phi) is 7.14. The molecule has 1 aliphatic carbocycles. The van der Waals surface area contributed by atoms with Gasteiger partial charge in [0, 0.05) is 48.1 Å². The van der Waals surface area contributed by atoms with E-state index in [-0.39, 0.29) is 23.1 Å². The molecule has 5 N–H and O–H groups in total. The first-order valence-electron chi connectivity index (χ1n) is 14.0. The summed E-state index contributed by atoms with van der Waals surface area (Å²) < 4.78 is 13.7. The molecule has 1 aliphatic heterocycles. The van der Waals surface area contributed by atoms with Gasteiger partial charge in [-0.05, 0) is 29.9 Å². The molecule has 1 amide bonds. The standard InChI is InChI=1S/C28H30N8O4S2/c29-18-3-1-2-4-19(18)32-28-33-20(23(26(30)38)27-34-31-14-36(27)28)10-16-9-15(13-41-16)17-12-40-24-21(37)11-22(42-25(17)24)35-5-7-39-8-6-35/h9,11-14,18-19H,1-8,10,29H2,(H2,30,38)(H,32,33)/t18-,19+/m1/s1. The highest BCUT2D eigenvalue weighted by molar-refractivity contribution is 7.22. The van der Waals surface area contributed by atoms with Crippen molar-refractivity contribution in [3.05, 3.63) is 56.5 Å². The maximum Gasteiger partial charge on any atom is 0.254 e. The fourth-order valence-electron chi connectivity index (χ4n) is 5.76. The van der Waals surface area contributed by atoms with Gasteiger partial charge in [0.1, 0.15) is 18.2 Å². The van der Waals surface area contributed by atoms with Crippen molar-refractivity contribution in [2.75, 3.05) is 36.5 Å². The molecule has 0 spiro atoms. The van der Waals surface area contributed by atoms with Crippen LogP contribution in [-0.4, -0.2) is 63.9 Å². The summed E-state index contributed by atoms with van der Waals surface area (Å²) in [5.74, 6) is -0.0789. The van der Waals surface area contributed by atoms with Crippen molar-refractivity contribution < 1.29 is 13.9 Å². The minimum Gasteiger partial charge on any atom is -0.459 e. The Hall–Kier alpha value is -3.85. The molecular weight excluding hydrogens is 576 g/mol. The zero-order valence-corrected chi connectivity index (χ0v) is 24.4. The van der Waals surface area contributed by atoms with Crippen LogP contribution in [0.2, 0.25) is 0 Å². The topological polar surface area (TPSA) is 167 Å². The fourth-order valence-corrected chi connectivity index (χ4v) is 7.85. The van der Waals surface area contributed by atoms with Crippen LogP contribution in [0.3, 0.4) is 0 Å². The van der Waals surface area contributed by atoms with Crippen LogP contribution >= 0.6 is 22.7 Å². The quantitative estimate of drug-likeness (QED) is 0.250. The molecule has 2 fully saturated rings. The summed E-state index contributed by atoms with van der Waals surface area (Å²) in [4.78, 5) is 33.5. The van der Waals surface area contributed by atoms with Crippen molar-refractivity contribution in [3.63, 3.8) is 0 Å². The van der Waals surface area contributed by atoms with E-state index in [4.69, 9.17) is 25.6 Å². The smallest absolute Gasteiger partial charge is 0.254 e. The van der Waals surface area contributed by atoms with E-state index in [2.05, 4.69) is 20.4 Å². The molecule has 1 saturated heterocycles. The number of amides is 1. The summed E-state index contributed by atoms with van der Waals surface area (Å²) in [5.41, 5.74) is 15.3. The number of nitrogens with two attached hydrogens (primary N) is 2. The van der Waals surface area contributed by atoms with Gasteiger partial charge < -0.3 is 30.8 Å². The second-order valence-corrected chi connectivity index (χ2v) is 12.7. The van der Waals surface area contributed by atoms with E-state index in [1.165, 1.54) is 17.7 Å². The number of carbonyl (C=O) groups excluding carboxylic acids is 1. The van der Waals surface area contributed by atoms with Crippen LogP contribution in [0.4, 0.5) is 10.9 Å². The lowest BCUT2D eigenvalue weighted by Crippen LogP contribution is -2.43. The minimum absolute atomic E-state index is 0.00968. The Morgan fingerprint density at radius 3 is 2.83 bits per heavy atom. The number of furan rings is 1. The van der Waals surface area contributed by atoms with Gasteiger partial charge in [-0.25, -0.2) is 4.98 Å². The summed E-state index contributed by atoms with van der Waals surface area (Å²) in [6, 6.07) is 3.75. The van der Waals surface area contributed by atoms with Gasteiger partial charge in [0.05, 0.1) is 28.6 Å². The SMILES string of the molecule is NC(=O)c1c(Cc2cc(-c3coc4c(=O)cc(N5CCOCC5)sc34)cs2)nc(N[C@H]2CCCC[C@H]2N)n2cnnc12. The van der Waals surface area contributed by atoms with E-state index >= 15 is 0 Å². The predicted molar refractivity (Wildman–Crippen MR) is 163 cm³/mol. The Balaban J connectivity index is 1.23. The molecule has 2 aliphatic rings. The van der Waals surface area contributed by atoms with Crippen LogP contribution in [0.5, 0.6) is 0 Å². The molecule has 0 aromatic carbocycles. The Morgan fingerprint density at radius 1 is 1.19 bits per heavy atom. The lowest BCUT2D eigenvalue weighted by Gasteiger charge is -2.30. The van der Waals surface area contributed by atoms with Gasteiger partial charge in [-0.1, -0.05) is 12.8 Å². The molecule has 218 valence electrons. The molecule has 12 nitrogen and oxygen atoms in total. The van der Waals surface area contributed by atoms with E-state index in [0.29, 0.717) is 42.5 Å². The highest BCUT2D eigenvalue weighted by atomic mass is 32.1. The molecule has 1 saturated carbocycles. The third kappa shape index (κ3) is 4.93. The highest BCUT2D eigenvalue weighted by Gasteiger charge is 2.26. The summed E-state index contributed by atoms with van der Waals surface area (Å²) in [6.07, 6.45) is 7.61. The predicted octanol–water partition coefficient (Wildman–Crippen LogP) is 3.23. The molecule has 7 rings (SSSR count). The second kappa shape index (κ2) is 11.1. The first-order valence-corrected chi connectivity index (χ1v) is 15.7. The Labute approximate surface area is 248 Å². The molecule has 0 radical (unpaired) electrons. The normalized spacial score (nSPS) is 19.5. The van der Waals surface area contributed by atoms with Gasteiger partial charge in [-0.3, -0.25) is 14.0 Å². The number of rotatable bonds is 7. The number of anilines is 2. The molecule has 2 atom stereocenters. The highest BCUT2D eigenvalue weighted by Crippen LogP contribution is 2.38. The number of fused-ring (bicyclic) bond motifs is 2. The molecule has 42 heavy (non-hydrogen) atoms. The largest absolute Gasteiger partial charge is 0.459 e. The van der Waals surface area contributed by atoms with Crippen molar-refractivity contribution in [2.45, 2.75) is 44.2 Å². The maximum atomic E-state index is 12.9.